The highest BCUT2D eigenvalue weighted by Gasteiger charge is 2.26. The first-order valence-electron chi connectivity index (χ1n) is 10.3. The van der Waals surface area contributed by atoms with Crippen LogP contribution >= 0.6 is 0 Å². The summed E-state index contributed by atoms with van der Waals surface area (Å²) in [7, 11) is 0. The maximum atomic E-state index is 12.7. The highest BCUT2D eigenvalue weighted by molar-refractivity contribution is 6.44. The first-order chi connectivity index (χ1) is 15.9. The third-order valence-corrected chi connectivity index (χ3v) is 5.53. The van der Waals surface area contributed by atoms with E-state index in [1.165, 1.54) is 0 Å². The van der Waals surface area contributed by atoms with Gasteiger partial charge < -0.3 is 20.0 Å². The fraction of sp³-hybridized carbons (Fsp3) is 0.115. The number of amides is 1. The van der Waals surface area contributed by atoms with Crippen LogP contribution in [0.2, 0.25) is 0 Å². The Hall–Kier alpha value is -4.39. The Kier molecular flexibility index (Phi) is 5.95. The Balaban J connectivity index is 1.78. The van der Waals surface area contributed by atoms with Crippen molar-refractivity contribution in [2.75, 3.05) is 6.61 Å². The molecule has 0 fully saturated rings. The number of nitrogens with two attached hydrogens (primary N) is 1. The third kappa shape index (κ3) is 4.34. The molecule has 4 rings (SSSR count). The second-order valence-corrected chi connectivity index (χ2v) is 7.65. The van der Waals surface area contributed by atoms with Gasteiger partial charge in [-0.2, -0.15) is 0 Å². The molecule has 0 aliphatic rings. The number of nitrogens with zero attached hydrogens (tertiary/aromatic N) is 1. The van der Waals surface area contributed by atoms with E-state index in [-0.39, 0.29) is 11.3 Å². The molecule has 0 unspecified atom stereocenters. The van der Waals surface area contributed by atoms with Crippen molar-refractivity contribution in [3.63, 3.8) is 0 Å². The largest absolute Gasteiger partial charge is 0.480 e. The summed E-state index contributed by atoms with van der Waals surface area (Å²) in [5.41, 5.74) is 10.3. The number of hydrogen-bond acceptors (Lipinski definition) is 4. The lowest BCUT2D eigenvalue weighted by molar-refractivity contribution is -0.139. The minimum atomic E-state index is -1.15. The molecule has 0 spiro atoms. The van der Waals surface area contributed by atoms with Crippen molar-refractivity contribution < 1.29 is 24.2 Å². The fourth-order valence-electron chi connectivity index (χ4n) is 3.97. The zero-order valence-corrected chi connectivity index (χ0v) is 17.9. The Morgan fingerprint density at radius 1 is 0.939 bits per heavy atom. The van der Waals surface area contributed by atoms with E-state index in [2.05, 4.69) is 0 Å². The van der Waals surface area contributed by atoms with Gasteiger partial charge >= 0.3 is 5.97 Å². The highest BCUT2D eigenvalue weighted by Crippen LogP contribution is 2.32. The summed E-state index contributed by atoms with van der Waals surface area (Å²) < 4.78 is 7.17. The molecule has 166 valence electrons. The first-order valence-corrected chi connectivity index (χ1v) is 10.3. The number of hydrogen-bond donors (Lipinski definition) is 2. The maximum Gasteiger partial charge on any atom is 0.341 e. The summed E-state index contributed by atoms with van der Waals surface area (Å²) in [6.45, 7) is 1.17. The van der Waals surface area contributed by atoms with Gasteiger partial charge in [0, 0.05) is 18.3 Å². The van der Waals surface area contributed by atoms with Crippen molar-refractivity contribution in [1.82, 2.24) is 4.40 Å². The van der Waals surface area contributed by atoms with Crippen molar-refractivity contribution in [2.45, 2.75) is 13.3 Å². The quantitative estimate of drug-likeness (QED) is 0.320. The number of aromatic nitrogens is 1. The molecule has 33 heavy (non-hydrogen) atoms. The van der Waals surface area contributed by atoms with Crippen LogP contribution in [0.15, 0.2) is 72.9 Å². The van der Waals surface area contributed by atoms with Gasteiger partial charge in [0.2, 0.25) is 0 Å². The summed E-state index contributed by atoms with van der Waals surface area (Å²) in [5.74, 6) is -2.89. The molecule has 2 aromatic heterocycles. The molecule has 3 N–H and O–H groups in total. The number of ether oxygens (including phenoxy) is 1. The van der Waals surface area contributed by atoms with Crippen LogP contribution in [0.5, 0.6) is 5.75 Å². The van der Waals surface area contributed by atoms with Crippen LogP contribution < -0.4 is 10.5 Å². The van der Waals surface area contributed by atoms with Gasteiger partial charge in [-0.15, -0.1) is 0 Å². The van der Waals surface area contributed by atoms with E-state index in [1.54, 1.807) is 29.7 Å². The molecule has 4 aromatic rings. The van der Waals surface area contributed by atoms with Gasteiger partial charge in [0.25, 0.3) is 11.7 Å². The topological polar surface area (TPSA) is 111 Å². The van der Waals surface area contributed by atoms with Crippen molar-refractivity contribution in [1.29, 1.82) is 0 Å². The number of pyridine rings is 1. The predicted octanol–water partition coefficient (Wildman–Crippen LogP) is 3.64. The lowest BCUT2D eigenvalue weighted by atomic mass is 10.00. The number of benzene rings is 2. The normalized spacial score (nSPS) is 10.8. The summed E-state index contributed by atoms with van der Waals surface area (Å²) in [6.07, 6.45) is 2.23. The molecule has 0 bridgehead atoms. The second-order valence-electron chi connectivity index (χ2n) is 7.65. The molecule has 0 radical (unpaired) electrons. The molecular weight excluding hydrogens is 420 g/mol. The number of rotatable bonds is 8. The average molecular weight is 442 g/mol. The van der Waals surface area contributed by atoms with E-state index in [4.69, 9.17) is 15.6 Å². The SMILES string of the molecule is Cc1c(C(=O)C(N)=O)c2c(OCC(=O)O)cccn2c1Cc1ccc(-c2ccccc2)cc1. The van der Waals surface area contributed by atoms with Gasteiger partial charge in [0.15, 0.2) is 6.61 Å². The summed E-state index contributed by atoms with van der Waals surface area (Å²) >= 11 is 0. The van der Waals surface area contributed by atoms with Crippen LogP contribution in [0.25, 0.3) is 16.6 Å². The lowest BCUT2D eigenvalue weighted by Gasteiger charge is -2.09. The van der Waals surface area contributed by atoms with Gasteiger partial charge in [-0.25, -0.2) is 4.79 Å². The maximum absolute atomic E-state index is 12.7. The van der Waals surface area contributed by atoms with Crippen LogP contribution in [0.1, 0.15) is 27.2 Å². The molecule has 0 atom stereocenters. The number of fused-ring (bicyclic) bond motifs is 1. The molecule has 0 aliphatic carbocycles. The molecule has 7 nitrogen and oxygen atoms in total. The summed E-state index contributed by atoms with van der Waals surface area (Å²) in [4.78, 5) is 35.4. The van der Waals surface area contributed by atoms with E-state index < -0.39 is 24.3 Å². The number of primary amides is 1. The van der Waals surface area contributed by atoms with Crippen LogP contribution in [-0.4, -0.2) is 33.8 Å². The Morgan fingerprint density at radius 2 is 1.61 bits per heavy atom. The number of carbonyl (C=O) groups excluding carboxylic acids is 2. The highest BCUT2D eigenvalue weighted by atomic mass is 16.5. The van der Waals surface area contributed by atoms with Crippen molar-refractivity contribution in [2.24, 2.45) is 5.73 Å². The van der Waals surface area contributed by atoms with Gasteiger partial charge in [0.1, 0.15) is 5.75 Å². The van der Waals surface area contributed by atoms with Gasteiger partial charge in [0.05, 0.1) is 11.1 Å². The monoisotopic (exact) mass is 442 g/mol. The molecule has 0 saturated heterocycles. The van der Waals surface area contributed by atoms with E-state index in [0.717, 1.165) is 22.4 Å². The third-order valence-electron chi connectivity index (χ3n) is 5.53. The minimum absolute atomic E-state index is 0.124. The number of Topliss-reactive ketones (excluding diaryl/α,β-unsaturated/α-hetero) is 1. The Morgan fingerprint density at radius 3 is 2.24 bits per heavy atom. The minimum Gasteiger partial charge on any atom is -0.480 e. The zero-order valence-electron chi connectivity index (χ0n) is 17.9. The molecule has 1 amide bonds. The number of ketones is 1. The molecule has 2 aromatic carbocycles. The lowest BCUT2D eigenvalue weighted by Crippen LogP contribution is -2.23. The predicted molar refractivity (Wildman–Crippen MR) is 123 cm³/mol. The average Bonchev–Trinajstić information content (AvgIpc) is 3.10. The number of aliphatic carboxylic acids is 1. The molecular formula is C26H22N2O5. The number of carboxylic acids is 1. The van der Waals surface area contributed by atoms with Crippen LogP contribution in [0.3, 0.4) is 0 Å². The van der Waals surface area contributed by atoms with E-state index >= 15 is 0 Å². The van der Waals surface area contributed by atoms with Crippen molar-refractivity contribution in [3.05, 3.63) is 95.3 Å². The first kappa shape index (κ1) is 21.8. The van der Waals surface area contributed by atoms with Gasteiger partial charge in [-0.05, 0) is 41.3 Å². The Labute approximate surface area is 190 Å². The Bertz CT molecular complexity index is 1360. The number of carboxylic acid groups (broad SMARTS) is 1. The van der Waals surface area contributed by atoms with Gasteiger partial charge in [-0.1, -0.05) is 54.6 Å². The van der Waals surface area contributed by atoms with Crippen molar-refractivity contribution in [3.8, 4) is 16.9 Å². The molecule has 0 saturated carbocycles. The van der Waals surface area contributed by atoms with Crippen LogP contribution in [0, 0.1) is 6.92 Å². The zero-order chi connectivity index (χ0) is 23.5. The number of carbonyl (C=O) groups is 3. The molecule has 2 heterocycles. The molecule has 0 aliphatic heterocycles. The fourth-order valence-corrected chi connectivity index (χ4v) is 3.97. The second kappa shape index (κ2) is 9.00. The van der Waals surface area contributed by atoms with Crippen LogP contribution in [-0.2, 0) is 16.0 Å². The summed E-state index contributed by atoms with van der Waals surface area (Å²) in [6, 6.07) is 21.4. The standard InChI is InChI=1S/C26H22N2O5/c1-16-20(14-17-9-11-19(12-10-17)18-6-3-2-4-7-18)28-13-5-8-21(33-15-22(29)30)24(28)23(16)25(31)26(27)32/h2-13H,14-15H2,1H3,(H2,27,32)(H,29,30). The van der Waals surface area contributed by atoms with E-state index in [1.807, 2.05) is 54.6 Å². The van der Waals surface area contributed by atoms with Gasteiger partial charge in [-0.3, -0.25) is 9.59 Å². The van der Waals surface area contributed by atoms with E-state index in [0.29, 0.717) is 17.5 Å². The molecule has 7 heteroatoms. The van der Waals surface area contributed by atoms with Crippen LogP contribution in [0.4, 0.5) is 0 Å². The summed E-state index contributed by atoms with van der Waals surface area (Å²) in [5, 5.41) is 9.00. The van der Waals surface area contributed by atoms with Crippen molar-refractivity contribution >= 4 is 23.2 Å². The smallest absolute Gasteiger partial charge is 0.341 e. The van der Waals surface area contributed by atoms with E-state index in [9.17, 15) is 14.4 Å².